The predicted molar refractivity (Wildman–Crippen MR) is 71.8 cm³/mol. The van der Waals surface area contributed by atoms with Crippen molar-refractivity contribution in [2.45, 2.75) is 39.7 Å². The van der Waals surface area contributed by atoms with Crippen LogP contribution in [0, 0.1) is 6.92 Å². The Hall–Kier alpha value is -1.08. The Labute approximate surface area is 99.6 Å². The van der Waals surface area contributed by atoms with Gasteiger partial charge in [-0.2, -0.15) is 0 Å². The van der Waals surface area contributed by atoms with Gasteiger partial charge in [0.05, 0.1) is 0 Å². The summed E-state index contributed by atoms with van der Waals surface area (Å²) in [7, 11) is 0. The zero-order valence-electron chi connectivity index (χ0n) is 10.7. The van der Waals surface area contributed by atoms with E-state index in [-0.39, 0.29) is 0 Å². The number of aryl methyl sites for hydroxylation is 1. The van der Waals surface area contributed by atoms with E-state index in [0.29, 0.717) is 6.04 Å². The van der Waals surface area contributed by atoms with E-state index in [1.54, 1.807) is 0 Å². The van der Waals surface area contributed by atoms with Crippen LogP contribution in [-0.2, 0) is 6.42 Å². The maximum Gasteiger partial charge on any atom is 0.0314 e. The van der Waals surface area contributed by atoms with Crippen LogP contribution in [0.25, 0.3) is 0 Å². The van der Waals surface area contributed by atoms with Crippen LogP contribution < -0.4 is 5.32 Å². The molecule has 1 unspecified atom stereocenters. The van der Waals surface area contributed by atoms with Crippen molar-refractivity contribution in [3.8, 4) is 0 Å². The second kappa shape index (κ2) is 6.49. The highest BCUT2D eigenvalue weighted by Crippen LogP contribution is 2.10. The molecule has 0 aromatic heterocycles. The van der Waals surface area contributed by atoms with Gasteiger partial charge in [-0.05, 0) is 38.8 Å². The van der Waals surface area contributed by atoms with Gasteiger partial charge in [-0.25, -0.2) is 0 Å². The van der Waals surface area contributed by atoms with Crippen molar-refractivity contribution in [3.63, 3.8) is 0 Å². The molecule has 0 aliphatic heterocycles. The average Bonchev–Trinajstić information content (AvgIpc) is 2.26. The fraction of sp³-hybridized carbons (Fsp3) is 0.467. The van der Waals surface area contributed by atoms with Crippen molar-refractivity contribution in [3.05, 3.63) is 47.5 Å². The van der Waals surface area contributed by atoms with E-state index < -0.39 is 0 Å². The fourth-order valence-electron chi connectivity index (χ4n) is 1.70. The molecule has 0 aliphatic rings. The zero-order chi connectivity index (χ0) is 12.0. The van der Waals surface area contributed by atoms with Gasteiger partial charge < -0.3 is 5.32 Å². The summed E-state index contributed by atoms with van der Waals surface area (Å²) in [5.74, 6) is 0. The minimum absolute atomic E-state index is 0.405. The molecule has 0 radical (unpaired) electrons. The number of nitrogens with one attached hydrogen (secondary N) is 1. The van der Waals surface area contributed by atoms with Crippen molar-refractivity contribution in [1.29, 1.82) is 0 Å². The molecule has 1 aromatic rings. The molecule has 0 amide bonds. The maximum absolute atomic E-state index is 4.06. The predicted octanol–water partition coefficient (Wildman–Crippen LogP) is 3.48. The summed E-state index contributed by atoms with van der Waals surface area (Å²) in [6, 6.07) is 9.16. The van der Waals surface area contributed by atoms with E-state index in [4.69, 9.17) is 0 Å². The second-order valence-electron chi connectivity index (χ2n) is 4.54. The Kier molecular flexibility index (Phi) is 5.27. The lowest BCUT2D eigenvalue weighted by atomic mass is 10.00. The number of hydrogen-bond acceptors (Lipinski definition) is 1. The van der Waals surface area contributed by atoms with E-state index in [0.717, 1.165) is 19.4 Å². The first-order valence-electron chi connectivity index (χ1n) is 6.07. The van der Waals surface area contributed by atoms with Crippen LogP contribution in [0.4, 0.5) is 0 Å². The van der Waals surface area contributed by atoms with E-state index in [9.17, 15) is 0 Å². The van der Waals surface area contributed by atoms with Crippen LogP contribution in [-0.4, -0.2) is 12.6 Å². The largest absolute Gasteiger partial charge is 0.310 e. The highest BCUT2D eigenvalue weighted by molar-refractivity contribution is 5.23. The van der Waals surface area contributed by atoms with Gasteiger partial charge in [-0.1, -0.05) is 48.9 Å². The van der Waals surface area contributed by atoms with Gasteiger partial charge in [-0.3, -0.25) is 0 Å². The van der Waals surface area contributed by atoms with Crippen molar-refractivity contribution in [1.82, 2.24) is 5.32 Å². The first-order valence-corrected chi connectivity index (χ1v) is 6.07. The Morgan fingerprint density at radius 2 is 1.94 bits per heavy atom. The maximum atomic E-state index is 4.06. The Bertz CT molecular complexity index is 324. The molecule has 1 N–H and O–H groups in total. The lowest BCUT2D eigenvalue weighted by Crippen LogP contribution is -2.32. The Balaban J connectivity index is 2.60. The molecular formula is C15H23N. The minimum Gasteiger partial charge on any atom is -0.310 e. The van der Waals surface area contributed by atoms with Gasteiger partial charge in [-0.15, -0.1) is 0 Å². The van der Waals surface area contributed by atoms with Crippen LogP contribution in [0.1, 0.15) is 31.4 Å². The van der Waals surface area contributed by atoms with Gasteiger partial charge >= 0.3 is 0 Å². The quantitative estimate of drug-likeness (QED) is 0.719. The SMILES string of the molecule is C=C(C)C(Cc1ccc(C)cc1)NCCC. The normalized spacial score (nSPS) is 12.4. The molecule has 0 saturated carbocycles. The Morgan fingerprint density at radius 1 is 1.31 bits per heavy atom. The van der Waals surface area contributed by atoms with Crippen molar-refractivity contribution in [2.24, 2.45) is 0 Å². The first kappa shape index (κ1) is 13.0. The summed E-state index contributed by atoms with van der Waals surface area (Å²) in [6.07, 6.45) is 2.20. The lowest BCUT2D eigenvalue weighted by Gasteiger charge is -2.18. The summed E-state index contributed by atoms with van der Waals surface area (Å²) in [4.78, 5) is 0. The summed E-state index contributed by atoms with van der Waals surface area (Å²) in [5, 5.41) is 3.53. The molecule has 0 heterocycles. The van der Waals surface area contributed by atoms with E-state index >= 15 is 0 Å². The van der Waals surface area contributed by atoms with Gasteiger partial charge in [0.15, 0.2) is 0 Å². The molecule has 1 rings (SSSR count). The highest BCUT2D eigenvalue weighted by Gasteiger charge is 2.08. The summed E-state index contributed by atoms with van der Waals surface area (Å²) >= 11 is 0. The van der Waals surface area contributed by atoms with Crippen molar-refractivity contribution >= 4 is 0 Å². The third kappa shape index (κ3) is 4.19. The summed E-state index contributed by atoms with van der Waals surface area (Å²) in [5.41, 5.74) is 3.91. The third-order valence-electron chi connectivity index (χ3n) is 2.80. The smallest absolute Gasteiger partial charge is 0.0314 e. The third-order valence-corrected chi connectivity index (χ3v) is 2.80. The molecule has 1 aromatic carbocycles. The summed E-state index contributed by atoms with van der Waals surface area (Å²) in [6.45, 7) is 11.5. The van der Waals surface area contributed by atoms with Crippen molar-refractivity contribution in [2.75, 3.05) is 6.54 Å². The molecule has 1 heteroatoms. The standard InChI is InChI=1S/C15H23N/c1-5-10-16-15(12(2)3)11-14-8-6-13(4)7-9-14/h6-9,15-16H,2,5,10-11H2,1,3-4H3. The highest BCUT2D eigenvalue weighted by atomic mass is 14.9. The lowest BCUT2D eigenvalue weighted by molar-refractivity contribution is 0.564. The molecule has 0 spiro atoms. The molecule has 0 aliphatic carbocycles. The Morgan fingerprint density at radius 3 is 2.44 bits per heavy atom. The average molecular weight is 217 g/mol. The van der Waals surface area contributed by atoms with Crippen molar-refractivity contribution < 1.29 is 0 Å². The molecule has 1 nitrogen and oxygen atoms in total. The topological polar surface area (TPSA) is 12.0 Å². The van der Waals surface area contributed by atoms with Crippen LogP contribution >= 0.6 is 0 Å². The molecule has 0 bridgehead atoms. The number of rotatable bonds is 6. The molecule has 16 heavy (non-hydrogen) atoms. The second-order valence-corrected chi connectivity index (χ2v) is 4.54. The summed E-state index contributed by atoms with van der Waals surface area (Å²) < 4.78 is 0. The molecule has 0 saturated heterocycles. The van der Waals surface area contributed by atoms with Crippen LogP contribution in [0.3, 0.4) is 0 Å². The fourth-order valence-corrected chi connectivity index (χ4v) is 1.70. The zero-order valence-corrected chi connectivity index (χ0v) is 10.7. The molecule has 1 atom stereocenters. The van der Waals surface area contributed by atoms with Gasteiger partial charge in [0.2, 0.25) is 0 Å². The van der Waals surface area contributed by atoms with Crippen LogP contribution in [0.5, 0.6) is 0 Å². The molecular weight excluding hydrogens is 194 g/mol. The van der Waals surface area contributed by atoms with E-state index in [2.05, 4.69) is 56.9 Å². The van der Waals surface area contributed by atoms with Gasteiger partial charge in [0.1, 0.15) is 0 Å². The van der Waals surface area contributed by atoms with Gasteiger partial charge in [0.25, 0.3) is 0 Å². The molecule has 0 fully saturated rings. The van der Waals surface area contributed by atoms with Gasteiger partial charge in [0, 0.05) is 6.04 Å². The number of hydrogen-bond donors (Lipinski definition) is 1. The van der Waals surface area contributed by atoms with Crippen LogP contribution in [0.15, 0.2) is 36.4 Å². The monoisotopic (exact) mass is 217 g/mol. The molecule has 88 valence electrons. The van der Waals surface area contributed by atoms with E-state index in [1.165, 1.54) is 16.7 Å². The minimum atomic E-state index is 0.405. The van der Waals surface area contributed by atoms with Crippen LogP contribution in [0.2, 0.25) is 0 Å². The first-order chi connectivity index (χ1) is 7.63. The number of benzene rings is 1. The van der Waals surface area contributed by atoms with E-state index in [1.807, 2.05) is 0 Å².